The van der Waals surface area contributed by atoms with Crippen molar-refractivity contribution in [3.05, 3.63) is 59.2 Å². The lowest BCUT2D eigenvalue weighted by atomic mass is 10.1. The maximum atomic E-state index is 14.7. The molecular formula is C23H22F4N2O7S. The van der Waals surface area contributed by atoms with Gasteiger partial charge in [-0.05, 0) is 31.0 Å². The fraction of sp³-hybridized carbons (Fsp3) is 0.348. The Morgan fingerprint density at radius 2 is 1.38 bits per heavy atom. The summed E-state index contributed by atoms with van der Waals surface area (Å²) in [4.78, 5) is 34.6. The molecule has 2 aromatic carbocycles. The predicted octanol–water partition coefficient (Wildman–Crippen LogP) is 3.14. The Kier molecular flexibility index (Phi) is 8.53. The summed E-state index contributed by atoms with van der Waals surface area (Å²) in [6.45, 7) is 1.52. The topological polar surface area (TPSA) is 119 Å². The number of carbonyl (C=O) groups excluding carboxylic acids is 3. The summed E-state index contributed by atoms with van der Waals surface area (Å²) in [6, 6.07) is 3.38. The standard InChI is InChI=1S/C23H22F4N2O7S/c1-12(30)35-16-4-5-17(36-13(2)31)11-29(10-16)37(33,34)21-7-14(3-6-18(21)24)23(32)28-15-8-19(25)22(27)20(26)9-15/h3,6-9,16-17H,4-5,10-11H2,1-2H3,(H,28,32)/t16-,17+. The summed E-state index contributed by atoms with van der Waals surface area (Å²) in [5, 5.41) is 2.08. The molecular weight excluding hydrogens is 524 g/mol. The van der Waals surface area contributed by atoms with Gasteiger partial charge in [-0.25, -0.2) is 26.0 Å². The molecule has 0 aromatic heterocycles. The molecule has 14 heteroatoms. The third-order valence-electron chi connectivity index (χ3n) is 5.34. The van der Waals surface area contributed by atoms with Crippen molar-refractivity contribution in [2.24, 2.45) is 0 Å². The van der Waals surface area contributed by atoms with Crippen LogP contribution in [0.2, 0.25) is 0 Å². The van der Waals surface area contributed by atoms with Crippen LogP contribution in [0.3, 0.4) is 0 Å². The van der Waals surface area contributed by atoms with Gasteiger partial charge in [0.25, 0.3) is 5.91 Å². The van der Waals surface area contributed by atoms with E-state index in [1.807, 2.05) is 0 Å². The van der Waals surface area contributed by atoms with E-state index in [9.17, 15) is 40.4 Å². The second-order valence-electron chi connectivity index (χ2n) is 8.22. The number of amides is 1. The Morgan fingerprint density at radius 3 is 1.86 bits per heavy atom. The summed E-state index contributed by atoms with van der Waals surface area (Å²) in [5.41, 5.74) is -0.857. The Balaban J connectivity index is 1.93. The minimum Gasteiger partial charge on any atom is -0.461 e. The van der Waals surface area contributed by atoms with Crippen LogP contribution in [-0.4, -0.2) is 55.9 Å². The van der Waals surface area contributed by atoms with Gasteiger partial charge in [-0.3, -0.25) is 14.4 Å². The van der Waals surface area contributed by atoms with Crippen LogP contribution in [0.5, 0.6) is 0 Å². The highest BCUT2D eigenvalue weighted by molar-refractivity contribution is 7.89. The molecule has 0 saturated carbocycles. The van der Waals surface area contributed by atoms with Gasteiger partial charge in [0.2, 0.25) is 10.0 Å². The first-order chi connectivity index (χ1) is 17.3. The van der Waals surface area contributed by atoms with Gasteiger partial charge in [0, 0.05) is 37.2 Å². The van der Waals surface area contributed by atoms with Gasteiger partial charge < -0.3 is 14.8 Å². The molecule has 1 N–H and O–H groups in total. The number of rotatable bonds is 6. The minimum atomic E-state index is -4.68. The minimum absolute atomic E-state index is 0.166. The van der Waals surface area contributed by atoms with Crippen molar-refractivity contribution >= 4 is 33.6 Å². The summed E-state index contributed by atoms with van der Waals surface area (Å²) >= 11 is 0. The van der Waals surface area contributed by atoms with E-state index in [2.05, 4.69) is 5.32 Å². The van der Waals surface area contributed by atoms with Crippen molar-refractivity contribution in [1.29, 1.82) is 0 Å². The number of hydrogen-bond donors (Lipinski definition) is 1. The van der Waals surface area contributed by atoms with Gasteiger partial charge in [-0.15, -0.1) is 0 Å². The zero-order chi connectivity index (χ0) is 27.5. The zero-order valence-electron chi connectivity index (χ0n) is 19.6. The number of ether oxygens (including phenoxy) is 2. The lowest BCUT2D eigenvalue weighted by Gasteiger charge is -2.25. The van der Waals surface area contributed by atoms with Gasteiger partial charge in [-0.2, -0.15) is 4.31 Å². The van der Waals surface area contributed by atoms with Crippen molar-refractivity contribution in [2.45, 2.75) is 43.8 Å². The molecule has 200 valence electrons. The van der Waals surface area contributed by atoms with Crippen molar-refractivity contribution in [3.8, 4) is 0 Å². The van der Waals surface area contributed by atoms with Crippen molar-refractivity contribution in [2.75, 3.05) is 18.4 Å². The Hall–Kier alpha value is -3.52. The Morgan fingerprint density at radius 1 is 0.865 bits per heavy atom. The Bertz CT molecular complexity index is 1290. The van der Waals surface area contributed by atoms with Crippen LogP contribution in [0.15, 0.2) is 35.2 Å². The van der Waals surface area contributed by atoms with E-state index in [1.165, 1.54) is 0 Å². The molecule has 3 rings (SSSR count). The molecule has 0 aliphatic carbocycles. The van der Waals surface area contributed by atoms with Crippen LogP contribution in [0, 0.1) is 23.3 Å². The van der Waals surface area contributed by atoms with Crippen LogP contribution in [0.4, 0.5) is 23.2 Å². The summed E-state index contributed by atoms with van der Waals surface area (Å²) < 4.78 is 92.7. The number of hydrogen-bond acceptors (Lipinski definition) is 7. The van der Waals surface area contributed by atoms with Gasteiger partial charge in [0.15, 0.2) is 17.5 Å². The largest absolute Gasteiger partial charge is 0.461 e. The third-order valence-corrected chi connectivity index (χ3v) is 7.19. The molecule has 2 aromatic rings. The molecule has 1 aliphatic rings. The van der Waals surface area contributed by atoms with E-state index < -0.39 is 79.5 Å². The summed E-state index contributed by atoms with van der Waals surface area (Å²) in [5.74, 6) is -8.50. The highest BCUT2D eigenvalue weighted by Crippen LogP contribution is 2.27. The Labute approximate surface area is 209 Å². The molecule has 1 fully saturated rings. The second-order valence-corrected chi connectivity index (χ2v) is 10.1. The van der Waals surface area contributed by atoms with Crippen LogP contribution < -0.4 is 5.32 Å². The smallest absolute Gasteiger partial charge is 0.302 e. The van der Waals surface area contributed by atoms with Gasteiger partial charge in [0.05, 0.1) is 13.1 Å². The first-order valence-electron chi connectivity index (χ1n) is 10.9. The quantitative estimate of drug-likeness (QED) is 0.336. The zero-order valence-corrected chi connectivity index (χ0v) is 20.4. The van der Waals surface area contributed by atoms with Gasteiger partial charge in [0.1, 0.15) is 22.9 Å². The molecule has 0 unspecified atom stereocenters. The molecule has 1 heterocycles. The molecule has 0 radical (unpaired) electrons. The van der Waals surface area contributed by atoms with E-state index in [1.54, 1.807) is 0 Å². The number of halogens is 4. The molecule has 0 bridgehead atoms. The van der Waals surface area contributed by atoms with Gasteiger partial charge in [-0.1, -0.05) is 0 Å². The molecule has 1 aliphatic heterocycles. The van der Waals surface area contributed by atoms with Crippen molar-refractivity contribution in [1.82, 2.24) is 4.31 Å². The number of nitrogens with zero attached hydrogens (tertiary/aromatic N) is 1. The number of anilines is 1. The fourth-order valence-electron chi connectivity index (χ4n) is 3.75. The normalized spacial score (nSPS) is 18.5. The lowest BCUT2D eigenvalue weighted by molar-refractivity contribution is -0.148. The maximum Gasteiger partial charge on any atom is 0.302 e. The van der Waals surface area contributed by atoms with E-state index in [0.29, 0.717) is 24.3 Å². The van der Waals surface area contributed by atoms with Crippen molar-refractivity contribution < 1.29 is 49.8 Å². The fourth-order valence-corrected chi connectivity index (χ4v) is 5.35. The monoisotopic (exact) mass is 546 g/mol. The molecule has 2 atom stereocenters. The predicted molar refractivity (Wildman–Crippen MR) is 120 cm³/mol. The van der Waals surface area contributed by atoms with Crippen LogP contribution in [0.25, 0.3) is 0 Å². The average molecular weight is 546 g/mol. The SMILES string of the molecule is CC(=O)O[C@@H]1CC[C@H](OC(C)=O)CN(S(=O)(=O)c2cc(C(=O)Nc3cc(F)c(F)c(F)c3)ccc2F)C1. The summed E-state index contributed by atoms with van der Waals surface area (Å²) in [7, 11) is -4.68. The average Bonchev–Trinajstić information content (AvgIpc) is 2.99. The number of benzene rings is 2. The number of esters is 2. The highest BCUT2D eigenvalue weighted by Gasteiger charge is 2.36. The third kappa shape index (κ3) is 6.83. The van der Waals surface area contributed by atoms with Gasteiger partial charge >= 0.3 is 11.9 Å². The molecule has 0 spiro atoms. The van der Waals surface area contributed by atoms with E-state index >= 15 is 0 Å². The lowest BCUT2D eigenvalue weighted by Crippen LogP contribution is -2.41. The van der Waals surface area contributed by atoms with E-state index in [4.69, 9.17) is 9.47 Å². The molecule has 1 amide bonds. The molecule has 9 nitrogen and oxygen atoms in total. The number of carbonyl (C=O) groups is 3. The first kappa shape index (κ1) is 28.1. The maximum absolute atomic E-state index is 14.7. The highest BCUT2D eigenvalue weighted by atomic mass is 32.2. The number of nitrogens with one attached hydrogen (secondary N) is 1. The number of sulfonamides is 1. The summed E-state index contributed by atoms with van der Waals surface area (Å²) in [6.07, 6.45) is -1.49. The molecule has 37 heavy (non-hydrogen) atoms. The van der Waals surface area contributed by atoms with Crippen LogP contribution in [-0.2, 0) is 29.1 Å². The van der Waals surface area contributed by atoms with Crippen LogP contribution in [0.1, 0.15) is 37.0 Å². The second kappa shape index (κ2) is 11.3. The van der Waals surface area contributed by atoms with E-state index in [-0.39, 0.29) is 25.9 Å². The van der Waals surface area contributed by atoms with Crippen molar-refractivity contribution in [3.63, 3.8) is 0 Å². The molecule has 1 saturated heterocycles. The first-order valence-corrected chi connectivity index (χ1v) is 12.3. The van der Waals surface area contributed by atoms with Crippen LogP contribution >= 0.6 is 0 Å². The van der Waals surface area contributed by atoms with E-state index in [0.717, 1.165) is 24.2 Å².